The second-order valence-corrected chi connectivity index (χ2v) is 4.35. The third-order valence-corrected chi connectivity index (χ3v) is 2.78. The van der Waals surface area contributed by atoms with Crippen LogP contribution in [0.15, 0.2) is 0 Å². The van der Waals surface area contributed by atoms with Crippen LogP contribution in [0.2, 0.25) is 0 Å². The Morgan fingerprint density at radius 1 is 1.38 bits per heavy atom. The third kappa shape index (κ3) is 4.63. The normalized spacial score (nSPS) is 20.8. The number of nitrogens with one attached hydrogen (secondary N) is 1. The fourth-order valence-electron chi connectivity index (χ4n) is 2.02. The number of hydrogen-bond acceptors (Lipinski definition) is 2. The van der Waals surface area contributed by atoms with Crippen molar-refractivity contribution < 1.29 is 4.74 Å². The molecule has 13 heavy (non-hydrogen) atoms. The zero-order valence-corrected chi connectivity index (χ0v) is 9.01. The second kappa shape index (κ2) is 6.39. The van der Waals surface area contributed by atoms with Gasteiger partial charge in [-0.3, -0.25) is 0 Å². The first-order valence-corrected chi connectivity index (χ1v) is 5.55. The minimum absolute atomic E-state index is 0.645. The van der Waals surface area contributed by atoms with Crippen molar-refractivity contribution in [1.29, 1.82) is 0 Å². The SMILES string of the molecule is CNCC(C)COCC1CCCC1. The van der Waals surface area contributed by atoms with Crippen molar-refractivity contribution >= 4 is 0 Å². The highest BCUT2D eigenvalue weighted by Crippen LogP contribution is 2.24. The van der Waals surface area contributed by atoms with Crippen LogP contribution in [0.5, 0.6) is 0 Å². The van der Waals surface area contributed by atoms with Crippen LogP contribution in [-0.4, -0.2) is 26.8 Å². The van der Waals surface area contributed by atoms with Gasteiger partial charge in [-0.2, -0.15) is 0 Å². The summed E-state index contributed by atoms with van der Waals surface area (Å²) in [5.41, 5.74) is 0. The van der Waals surface area contributed by atoms with E-state index < -0.39 is 0 Å². The maximum Gasteiger partial charge on any atom is 0.0503 e. The Kier molecular flexibility index (Phi) is 5.40. The van der Waals surface area contributed by atoms with E-state index in [4.69, 9.17) is 4.74 Å². The molecule has 1 N–H and O–H groups in total. The number of hydrogen-bond donors (Lipinski definition) is 1. The van der Waals surface area contributed by atoms with E-state index >= 15 is 0 Å². The molecule has 1 atom stereocenters. The van der Waals surface area contributed by atoms with Gasteiger partial charge in [-0.05, 0) is 38.3 Å². The molecule has 0 aromatic rings. The minimum atomic E-state index is 0.645. The van der Waals surface area contributed by atoms with E-state index in [2.05, 4.69) is 12.2 Å². The Balaban J connectivity index is 1.93. The zero-order chi connectivity index (χ0) is 9.52. The van der Waals surface area contributed by atoms with Crippen molar-refractivity contribution in [2.24, 2.45) is 11.8 Å². The molecule has 1 saturated carbocycles. The van der Waals surface area contributed by atoms with Crippen molar-refractivity contribution in [2.45, 2.75) is 32.6 Å². The van der Waals surface area contributed by atoms with E-state index in [-0.39, 0.29) is 0 Å². The molecule has 78 valence electrons. The Morgan fingerprint density at radius 3 is 2.69 bits per heavy atom. The highest BCUT2D eigenvalue weighted by Gasteiger charge is 2.14. The van der Waals surface area contributed by atoms with Crippen molar-refractivity contribution in [1.82, 2.24) is 5.32 Å². The van der Waals surface area contributed by atoms with E-state index in [1.807, 2.05) is 7.05 Å². The molecule has 0 aliphatic heterocycles. The van der Waals surface area contributed by atoms with Gasteiger partial charge in [0, 0.05) is 6.61 Å². The largest absolute Gasteiger partial charge is 0.381 e. The van der Waals surface area contributed by atoms with Crippen molar-refractivity contribution in [3.05, 3.63) is 0 Å². The molecule has 0 aromatic heterocycles. The first kappa shape index (κ1) is 11.0. The fourth-order valence-corrected chi connectivity index (χ4v) is 2.02. The lowest BCUT2D eigenvalue weighted by Crippen LogP contribution is -2.21. The lowest BCUT2D eigenvalue weighted by atomic mass is 10.1. The van der Waals surface area contributed by atoms with Crippen LogP contribution in [0.3, 0.4) is 0 Å². The predicted octanol–water partition coefficient (Wildman–Crippen LogP) is 2.05. The van der Waals surface area contributed by atoms with Gasteiger partial charge in [-0.25, -0.2) is 0 Å². The Labute approximate surface area is 82.0 Å². The Bertz CT molecular complexity index is 121. The molecule has 0 aromatic carbocycles. The molecule has 1 aliphatic carbocycles. The van der Waals surface area contributed by atoms with Crippen LogP contribution in [0.1, 0.15) is 32.6 Å². The fraction of sp³-hybridized carbons (Fsp3) is 1.00. The van der Waals surface area contributed by atoms with Crippen LogP contribution in [0.4, 0.5) is 0 Å². The Morgan fingerprint density at radius 2 is 2.08 bits per heavy atom. The van der Waals surface area contributed by atoms with E-state index in [1.165, 1.54) is 25.7 Å². The van der Waals surface area contributed by atoms with E-state index in [9.17, 15) is 0 Å². The summed E-state index contributed by atoms with van der Waals surface area (Å²) in [6.07, 6.45) is 5.61. The van der Waals surface area contributed by atoms with Gasteiger partial charge >= 0.3 is 0 Å². The molecule has 0 bridgehead atoms. The van der Waals surface area contributed by atoms with Gasteiger partial charge in [0.15, 0.2) is 0 Å². The van der Waals surface area contributed by atoms with Gasteiger partial charge in [0.25, 0.3) is 0 Å². The quantitative estimate of drug-likeness (QED) is 0.684. The summed E-state index contributed by atoms with van der Waals surface area (Å²) in [5.74, 6) is 1.51. The molecule has 2 nitrogen and oxygen atoms in total. The smallest absolute Gasteiger partial charge is 0.0503 e. The summed E-state index contributed by atoms with van der Waals surface area (Å²) in [6.45, 7) is 5.20. The van der Waals surface area contributed by atoms with E-state index in [0.29, 0.717) is 5.92 Å². The zero-order valence-electron chi connectivity index (χ0n) is 9.01. The molecule has 1 rings (SSSR count). The van der Waals surface area contributed by atoms with Crippen molar-refractivity contribution in [3.8, 4) is 0 Å². The van der Waals surface area contributed by atoms with Gasteiger partial charge in [0.05, 0.1) is 6.61 Å². The predicted molar refractivity (Wildman–Crippen MR) is 55.9 cm³/mol. The van der Waals surface area contributed by atoms with E-state index in [0.717, 1.165) is 25.7 Å². The van der Waals surface area contributed by atoms with Crippen molar-refractivity contribution in [2.75, 3.05) is 26.8 Å². The molecule has 1 fully saturated rings. The molecule has 0 saturated heterocycles. The molecule has 1 aliphatic rings. The van der Waals surface area contributed by atoms with Gasteiger partial charge < -0.3 is 10.1 Å². The molecular formula is C11H23NO. The highest BCUT2D eigenvalue weighted by atomic mass is 16.5. The standard InChI is InChI=1S/C11H23NO/c1-10(7-12-2)8-13-9-11-5-3-4-6-11/h10-12H,3-9H2,1-2H3. The van der Waals surface area contributed by atoms with Gasteiger partial charge in [-0.15, -0.1) is 0 Å². The minimum Gasteiger partial charge on any atom is -0.381 e. The Hall–Kier alpha value is -0.0800. The lowest BCUT2D eigenvalue weighted by molar-refractivity contribution is 0.0773. The first-order valence-electron chi connectivity index (χ1n) is 5.55. The molecule has 0 spiro atoms. The first-order chi connectivity index (χ1) is 6.33. The molecule has 2 heteroatoms. The van der Waals surface area contributed by atoms with Crippen molar-refractivity contribution in [3.63, 3.8) is 0 Å². The average molecular weight is 185 g/mol. The van der Waals surface area contributed by atoms with E-state index in [1.54, 1.807) is 0 Å². The molecular weight excluding hydrogens is 162 g/mol. The summed E-state index contributed by atoms with van der Waals surface area (Å²) < 4.78 is 5.69. The monoisotopic (exact) mass is 185 g/mol. The van der Waals surface area contributed by atoms with Gasteiger partial charge in [-0.1, -0.05) is 19.8 Å². The maximum atomic E-state index is 5.69. The van der Waals surface area contributed by atoms with Crippen LogP contribution in [-0.2, 0) is 4.74 Å². The van der Waals surface area contributed by atoms with Crippen LogP contribution in [0, 0.1) is 11.8 Å². The number of ether oxygens (including phenoxy) is 1. The lowest BCUT2D eigenvalue weighted by Gasteiger charge is -2.14. The van der Waals surface area contributed by atoms with Crippen LogP contribution >= 0.6 is 0 Å². The van der Waals surface area contributed by atoms with Gasteiger partial charge in [0.1, 0.15) is 0 Å². The second-order valence-electron chi connectivity index (χ2n) is 4.35. The molecule has 0 radical (unpaired) electrons. The van der Waals surface area contributed by atoms with Crippen LogP contribution < -0.4 is 5.32 Å². The van der Waals surface area contributed by atoms with Crippen LogP contribution in [0.25, 0.3) is 0 Å². The average Bonchev–Trinajstić information content (AvgIpc) is 2.57. The molecule has 0 amide bonds. The summed E-state index contributed by atoms with van der Waals surface area (Å²) in [7, 11) is 1.99. The highest BCUT2D eigenvalue weighted by molar-refractivity contribution is 4.66. The maximum absolute atomic E-state index is 5.69. The van der Waals surface area contributed by atoms with Gasteiger partial charge in [0.2, 0.25) is 0 Å². The summed E-state index contributed by atoms with van der Waals surface area (Å²) in [4.78, 5) is 0. The summed E-state index contributed by atoms with van der Waals surface area (Å²) in [6, 6.07) is 0. The summed E-state index contributed by atoms with van der Waals surface area (Å²) >= 11 is 0. The molecule has 0 heterocycles. The molecule has 1 unspecified atom stereocenters. The number of rotatable bonds is 6. The summed E-state index contributed by atoms with van der Waals surface area (Å²) in [5, 5.41) is 3.17. The third-order valence-electron chi connectivity index (χ3n) is 2.78. The topological polar surface area (TPSA) is 21.3 Å².